The number of nitrogens with one attached hydrogen (secondary N) is 3. The van der Waals surface area contributed by atoms with E-state index in [1.54, 1.807) is 4.90 Å². The molecule has 3 N–H and O–H groups in total. The minimum Gasteiger partial charge on any atom is -0.378 e. The van der Waals surface area contributed by atoms with Gasteiger partial charge in [-0.3, -0.25) is 4.79 Å². The second kappa shape index (κ2) is 9.92. The summed E-state index contributed by atoms with van der Waals surface area (Å²) in [4.78, 5) is 17.3. The second-order valence-corrected chi connectivity index (χ2v) is 8.25. The van der Waals surface area contributed by atoms with Crippen LogP contribution in [0.25, 0.3) is 0 Å². The van der Waals surface area contributed by atoms with E-state index in [2.05, 4.69) is 46.6 Å². The SMILES string of the molecule is CN(C)c1ccc(CNC(=O)C[NH+]2CC[NH+](Cc3ccc(Cl)cc3)CC2)cc1. The summed E-state index contributed by atoms with van der Waals surface area (Å²) in [7, 11) is 4.05. The molecule has 2 aromatic carbocycles. The zero-order chi connectivity index (χ0) is 19.9. The summed E-state index contributed by atoms with van der Waals surface area (Å²) in [6, 6.07) is 16.4. The number of rotatable bonds is 7. The van der Waals surface area contributed by atoms with Gasteiger partial charge in [0, 0.05) is 36.9 Å². The molecule has 0 saturated carbocycles. The molecule has 1 saturated heterocycles. The van der Waals surface area contributed by atoms with E-state index in [4.69, 9.17) is 11.6 Å². The summed E-state index contributed by atoms with van der Waals surface area (Å²) in [6.07, 6.45) is 0. The lowest BCUT2D eigenvalue weighted by Crippen LogP contribution is -3.28. The van der Waals surface area contributed by atoms with Gasteiger partial charge in [-0.05, 0) is 29.8 Å². The van der Waals surface area contributed by atoms with Crippen molar-refractivity contribution >= 4 is 23.2 Å². The average molecular weight is 403 g/mol. The number of carbonyl (C=O) groups is 1. The van der Waals surface area contributed by atoms with Gasteiger partial charge in [0.05, 0.1) is 0 Å². The Morgan fingerprint density at radius 1 is 0.929 bits per heavy atom. The van der Waals surface area contributed by atoms with Gasteiger partial charge in [-0.1, -0.05) is 35.9 Å². The van der Waals surface area contributed by atoms with Crippen LogP contribution >= 0.6 is 11.6 Å². The summed E-state index contributed by atoms with van der Waals surface area (Å²) in [5.74, 6) is 0.132. The normalized spacial score (nSPS) is 19.2. The fourth-order valence-corrected chi connectivity index (χ4v) is 3.73. The number of halogens is 1. The average Bonchev–Trinajstić information content (AvgIpc) is 2.70. The van der Waals surface area contributed by atoms with Gasteiger partial charge in [0.2, 0.25) is 0 Å². The Balaban J connectivity index is 1.37. The van der Waals surface area contributed by atoms with E-state index in [-0.39, 0.29) is 5.91 Å². The van der Waals surface area contributed by atoms with Crippen molar-refractivity contribution < 1.29 is 14.6 Å². The van der Waals surface area contributed by atoms with Crippen LogP contribution in [0.4, 0.5) is 5.69 Å². The van der Waals surface area contributed by atoms with E-state index in [1.807, 2.05) is 26.2 Å². The van der Waals surface area contributed by atoms with Gasteiger partial charge in [-0.25, -0.2) is 0 Å². The molecule has 5 nitrogen and oxygen atoms in total. The molecule has 28 heavy (non-hydrogen) atoms. The van der Waals surface area contributed by atoms with E-state index in [9.17, 15) is 4.79 Å². The number of amides is 1. The van der Waals surface area contributed by atoms with Crippen LogP contribution < -0.4 is 20.0 Å². The third-order valence-electron chi connectivity index (χ3n) is 5.38. The van der Waals surface area contributed by atoms with Crippen LogP contribution in [-0.2, 0) is 17.9 Å². The summed E-state index contributed by atoms with van der Waals surface area (Å²) in [5.41, 5.74) is 3.62. The van der Waals surface area contributed by atoms with Crippen LogP contribution in [0.15, 0.2) is 48.5 Å². The Kier molecular flexibility index (Phi) is 7.31. The van der Waals surface area contributed by atoms with Crippen molar-refractivity contribution in [3.05, 3.63) is 64.7 Å². The van der Waals surface area contributed by atoms with E-state index in [0.717, 1.165) is 43.3 Å². The van der Waals surface area contributed by atoms with Crippen molar-refractivity contribution in [1.29, 1.82) is 0 Å². The highest BCUT2D eigenvalue weighted by atomic mass is 35.5. The first kappa shape index (κ1) is 20.6. The minimum atomic E-state index is 0.132. The molecule has 0 spiro atoms. The van der Waals surface area contributed by atoms with Crippen LogP contribution in [0.2, 0.25) is 5.02 Å². The molecule has 0 bridgehead atoms. The van der Waals surface area contributed by atoms with Crippen molar-refractivity contribution in [2.75, 3.05) is 51.7 Å². The lowest BCUT2D eigenvalue weighted by Gasteiger charge is -2.29. The number of benzene rings is 2. The number of piperazine rings is 1. The monoisotopic (exact) mass is 402 g/mol. The summed E-state index contributed by atoms with van der Waals surface area (Å²) in [6.45, 7) is 6.44. The van der Waals surface area contributed by atoms with Gasteiger partial charge in [0.15, 0.2) is 6.54 Å². The smallest absolute Gasteiger partial charge is 0.275 e. The molecule has 3 rings (SSSR count). The zero-order valence-corrected chi connectivity index (χ0v) is 17.6. The molecule has 0 atom stereocenters. The Hall–Kier alpha value is -2.08. The molecule has 1 aliphatic rings. The van der Waals surface area contributed by atoms with E-state index in [1.165, 1.54) is 16.2 Å². The topological polar surface area (TPSA) is 41.2 Å². The molecule has 2 aromatic rings. The first-order valence-electron chi connectivity index (χ1n) is 9.94. The first-order valence-corrected chi connectivity index (χ1v) is 10.3. The van der Waals surface area contributed by atoms with Crippen molar-refractivity contribution in [3.8, 4) is 0 Å². The van der Waals surface area contributed by atoms with E-state index in [0.29, 0.717) is 13.1 Å². The Labute approximate surface area is 172 Å². The minimum absolute atomic E-state index is 0.132. The number of quaternary nitrogens is 2. The largest absolute Gasteiger partial charge is 0.378 e. The molecule has 1 fully saturated rings. The fourth-order valence-electron chi connectivity index (χ4n) is 3.60. The molecule has 0 aliphatic carbocycles. The van der Waals surface area contributed by atoms with E-state index >= 15 is 0 Å². The molecular formula is C22H31ClN4O+2. The van der Waals surface area contributed by atoms with Gasteiger partial charge in [0.1, 0.15) is 32.7 Å². The van der Waals surface area contributed by atoms with Crippen molar-refractivity contribution in [3.63, 3.8) is 0 Å². The number of carbonyl (C=O) groups excluding carboxylic acids is 1. The van der Waals surface area contributed by atoms with Gasteiger partial charge < -0.3 is 20.0 Å². The van der Waals surface area contributed by atoms with Crippen LogP contribution in [0.1, 0.15) is 11.1 Å². The van der Waals surface area contributed by atoms with Crippen molar-refractivity contribution in [1.82, 2.24) is 5.32 Å². The molecule has 0 radical (unpaired) electrons. The Bertz CT molecular complexity index is 753. The van der Waals surface area contributed by atoms with Crippen LogP contribution in [0, 0.1) is 0 Å². The molecule has 6 heteroatoms. The predicted molar refractivity (Wildman–Crippen MR) is 114 cm³/mol. The van der Waals surface area contributed by atoms with Gasteiger partial charge in [-0.15, -0.1) is 0 Å². The number of anilines is 1. The van der Waals surface area contributed by atoms with Crippen LogP contribution in [0.3, 0.4) is 0 Å². The third kappa shape index (κ3) is 6.23. The predicted octanol–water partition coefficient (Wildman–Crippen LogP) is 0.00580. The van der Waals surface area contributed by atoms with Crippen LogP contribution in [0.5, 0.6) is 0 Å². The molecule has 0 unspecified atom stereocenters. The highest BCUT2D eigenvalue weighted by molar-refractivity contribution is 6.30. The molecule has 150 valence electrons. The second-order valence-electron chi connectivity index (χ2n) is 7.82. The maximum atomic E-state index is 12.3. The zero-order valence-electron chi connectivity index (χ0n) is 16.8. The first-order chi connectivity index (χ1) is 13.5. The number of hydrogen-bond acceptors (Lipinski definition) is 2. The lowest BCUT2D eigenvalue weighted by atomic mass is 10.2. The lowest BCUT2D eigenvalue weighted by molar-refractivity contribution is -1.02. The number of hydrogen-bond donors (Lipinski definition) is 3. The van der Waals surface area contributed by atoms with Gasteiger partial charge in [0.25, 0.3) is 5.91 Å². The highest BCUT2D eigenvalue weighted by Crippen LogP contribution is 2.12. The molecular weight excluding hydrogens is 372 g/mol. The number of nitrogens with zero attached hydrogens (tertiary/aromatic N) is 1. The third-order valence-corrected chi connectivity index (χ3v) is 5.64. The highest BCUT2D eigenvalue weighted by Gasteiger charge is 2.24. The van der Waals surface area contributed by atoms with Crippen LogP contribution in [-0.4, -0.2) is 52.7 Å². The molecule has 0 aromatic heterocycles. The molecule has 1 amide bonds. The summed E-state index contributed by atoms with van der Waals surface area (Å²) in [5, 5.41) is 3.84. The quantitative estimate of drug-likeness (QED) is 0.610. The van der Waals surface area contributed by atoms with Crippen molar-refractivity contribution in [2.24, 2.45) is 0 Å². The van der Waals surface area contributed by atoms with Gasteiger partial charge in [-0.2, -0.15) is 0 Å². The molecule has 1 aliphatic heterocycles. The maximum absolute atomic E-state index is 12.3. The maximum Gasteiger partial charge on any atom is 0.275 e. The Morgan fingerprint density at radius 3 is 2.11 bits per heavy atom. The standard InChI is InChI=1S/C22H29ClN4O/c1-25(2)21-9-5-18(6-10-21)15-24-22(28)17-27-13-11-26(12-14-27)16-19-3-7-20(23)8-4-19/h3-10H,11-17H2,1-2H3,(H,24,28)/p+2. The van der Waals surface area contributed by atoms with Crippen molar-refractivity contribution in [2.45, 2.75) is 13.1 Å². The van der Waals surface area contributed by atoms with E-state index < -0.39 is 0 Å². The molecule has 1 heterocycles. The summed E-state index contributed by atoms with van der Waals surface area (Å²) >= 11 is 5.96. The van der Waals surface area contributed by atoms with Gasteiger partial charge >= 0.3 is 0 Å². The summed E-state index contributed by atoms with van der Waals surface area (Å²) < 4.78 is 0. The fraction of sp³-hybridized carbons (Fsp3) is 0.409. The Morgan fingerprint density at radius 2 is 1.50 bits per heavy atom.